The predicted octanol–water partition coefficient (Wildman–Crippen LogP) is 2.72. The first-order valence-corrected chi connectivity index (χ1v) is 7.07. The number of hydrogen-bond donors (Lipinski definition) is 2. The lowest BCUT2D eigenvalue weighted by Crippen LogP contribution is -2.25. The Labute approximate surface area is 119 Å². The summed E-state index contributed by atoms with van der Waals surface area (Å²) in [7, 11) is 0. The van der Waals surface area contributed by atoms with Crippen molar-refractivity contribution in [3.63, 3.8) is 0 Å². The van der Waals surface area contributed by atoms with E-state index in [1.807, 2.05) is 0 Å². The minimum atomic E-state index is -0.201. The van der Waals surface area contributed by atoms with Crippen molar-refractivity contribution in [3.05, 3.63) is 29.3 Å². The number of nitrogens with one attached hydrogen (secondary N) is 1. The van der Waals surface area contributed by atoms with Crippen molar-refractivity contribution in [2.45, 2.75) is 38.7 Å². The molecule has 1 fully saturated rings. The Balaban J connectivity index is 2.07. The highest BCUT2D eigenvalue weighted by molar-refractivity contribution is 5.99. The lowest BCUT2D eigenvalue weighted by molar-refractivity contribution is 0.101. The van der Waals surface area contributed by atoms with Crippen LogP contribution in [-0.4, -0.2) is 23.5 Å². The third-order valence-corrected chi connectivity index (χ3v) is 3.86. The van der Waals surface area contributed by atoms with Crippen LogP contribution in [0.1, 0.15) is 48.5 Å². The molecule has 4 heteroatoms. The van der Waals surface area contributed by atoms with Gasteiger partial charge in [-0.15, -0.1) is 0 Å². The van der Waals surface area contributed by atoms with Crippen molar-refractivity contribution in [3.8, 4) is 6.07 Å². The van der Waals surface area contributed by atoms with Crippen LogP contribution in [0.25, 0.3) is 0 Å². The molecule has 2 unspecified atom stereocenters. The molecule has 1 aromatic carbocycles. The molecular weight excluding hydrogens is 252 g/mol. The van der Waals surface area contributed by atoms with Crippen LogP contribution < -0.4 is 5.32 Å². The van der Waals surface area contributed by atoms with Gasteiger partial charge in [-0.05, 0) is 50.3 Å². The van der Waals surface area contributed by atoms with E-state index < -0.39 is 0 Å². The zero-order valence-corrected chi connectivity index (χ0v) is 11.7. The van der Waals surface area contributed by atoms with Gasteiger partial charge in [0.1, 0.15) is 0 Å². The molecule has 0 spiro atoms. The van der Waals surface area contributed by atoms with Crippen LogP contribution in [0, 0.1) is 17.2 Å². The summed E-state index contributed by atoms with van der Waals surface area (Å²) in [5.41, 5.74) is 1.87. The van der Waals surface area contributed by atoms with Crippen molar-refractivity contribution in [1.82, 2.24) is 0 Å². The predicted molar refractivity (Wildman–Crippen MR) is 77.6 cm³/mol. The van der Waals surface area contributed by atoms with Gasteiger partial charge in [-0.2, -0.15) is 5.26 Å². The van der Waals surface area contributed by atoms with Gasteiger partial charge in [-0.1, -0.05) is 6.42 Å². The maximum atomic E-state index is 11.6. The van der Waals surface area contributed by atoms with Gasteiger partial charge in [-0.25, -0.2) is 0 Å². The normalized spacial score (nSPS) is 22.1. The lowest BCUT2D eigenvalue weighted by atomic mass is 9.87. The average Bonchev–Trinajstić information content (AvgIpc) is 2.44. The van der Waals surface area contributed by atoms with Gasteiger partial charge in [0.2, 0.25) is 0 Å². The molecule has 1 aromatic rings. The highest BCUT2D eigenvalue weighted by Gasteiger charge is 2.20. The number of carbonyl (C=O) groups is 1. The molecule has 0 bridgehead atoms. The number of Topliss-reactive ketones (excluding diaryl/α,β-unsaturated/α-hetero) is 1. The number of nitrogens with zero attached hydrogens (tertiary/aromatic N) is 1. The van der Waals surface area contributed by atoms with Gasteiger partial charge in [0.25, 0.3) is 0 Å². The van der Waals surface area contributed by atoms with Gasteiger partial charge in [0.15, 0.2) is 5.78 Å². The smallest absolute Gasteiger partial charge is 0.161 e. The van der Waals surface area contributed by atoms with Crippen LogP contribution in [0.3, 0.4) is 0 Å². The highest BCUT2D eigenvalue weighted by Crippen LogP contribution is 2.25. The number of benzene rings is 1. The number of rotatable bonds is 4. The number of ketones is 1. The minimum Gasteiger partial charge on any atom is -0.393 e. The number of aliphatic hydroxyl groups excluding tert-OH is 1. The van der Waals surface area contributed by atoms with Crippen molar-refractivity contribution >= 4 is 11.5 Å². The molecule has 1 aliphatic rings. The summed E-state index contributed by atoms with van der Waals surface area (Å²) >= 11 is 0. The van der Waals surface area contributed by atoms with E-state index in [0.717, 1.165) is 37.9 Å². The molecule has 2 atom stereocenters. The second kappa shape index (κ2) is 6.53. The molecule has 20 heavy (non-hydrogen) atoms. The van der Waals surface area contributed by atoms with Crippen LogP contribution in [0.2, 0.25) is 0 Å². The van der Waals surface area contributed by atoms with Crippen molar-refractivity contribution in [1.29, 1.82) is 5.26 Å². The summed E-state index contributed by atoms with van der Waals surface area (Å²) in [6, 6.07) is 7.16. The van der Waals surface area contributed by atoms with E-state index in [0.29, 0.717) is 17.0 Å². The Hall–Kier alpha value is -1.86. The lowest BCUT2D eigenvalue weighted by Gasteiger charge is -2.26. The van der Waals surface area contributed by atoms with Crippen LogP contribution in [0.5, 0.6) is 0 Å². The van der Waals surface area contributed by atoms with E-state index in [2.05, 4.69) is 11.4 Å². The number of carbonyl (C=O) groups excluding carboxylic acids is 1. The molecular formula is C16H20N2O2. The Morgan fingerprint density at radius 3 is 2.95 bits per heavy atom. The quantitative estimate of drug-likeness (QED) is 0.827. The number of anilines is 1. The molecule has 4 nitrogen and oxygen atoms in total. The summed E-state index contributed by atoms with van der Waals surface area (Å²) in [6.07, 6.45) is 3.63. The molecule has 2 N–H and O–H groups in total. The molecule has 1 aliphatic carbocycles. The van der Waals surface area contributed by atoms with E-state index in [1.54, 1.807) is 18.2 Å². The maximum absolute atomic E-state index is 11.6. The second-order valence-corrected chi connectivity index (χ2v) is 5.50. The molecule has 0 aliphatic heterocycles. The van der Waals surface area contributed by atoms with Gasteiger partial charge < -0.3 is 10.4 Å². The third-order valence-electron chi connectivity index (χ3n) is 3.86. The topological polar surface area (TPSA) is 73.1 Å². The fourth-order valence-corrected chi connectivity index (χ4v) is 2.77. The van der Waals surface area contributed by atoms with Crippen molar-refractivity contribution < 1.29 is 9.90 Å². The Bertz CT molecular complexity index is 534. The molecule has 1 saturated carbocycles. The maximum Gasteiger partial charge on any atom is 0.161 e. The van der Waals surface area contributed by atoms with E-state index in [-0.39, 0.29) is 11.9 Å². The zero-order chi connectivity index (χ0) is 14.5. The number of nitriles is 1. The molecule has 0 amide bonds. The Morgan fingerprint density at radius 2 is 2.30 bits per heavy atom. The fraction of sp³-hybridized carbons (Fsp3) is 0.500. The average molecular weight is 272 g/mol. The van der Waals surface area contributed by atoms with E-state index >= 15 is 0 Å². The van der Waals surface area contributed by atoms with Crippen LogP contribution in [-0.2, 0) is 0 Å². The first-order valence-electron chi connectivity index (χ1n) is 7.07. The van der Waals surface area contributed by atoms with Crippen LogP contribution in [0.15, 0.2) is 18.2 Å². The summed E-state index contributed by atoms with van der Waals surface area (Å²) < 4.78 is 0. The van der Waals surface area contributed by atoms with Crippen LogP contribution >= 0.6 is 0 Å². The Kier molecular flexibility index (Phi) is 4.75. The fourth-order valence-electron chi connectivity index (χ4n) is 2.77. The zero-order valence-electron chi connectivity index (χ0n) is 11.7. The molecule has 0 heterocycles. The molecule has 2 rings (SSSR count). The summed E-state index contributed by atoms with van der Waals surface area (Å²) in [6.45, 7) is 2.25. The number of aliphatic hydroxyl groups is 1. The van der Waals surface area contributed by atoms with Crippen molar-refractivity contribution in [2.24, 2.45) is 5.92 Å². The largest absolute Gasteiger partial charge is 0.393 e. The first kappa shape index (κ1) is 14.5. The van der Waals surface area contributed by atoms with E-state index in [9.17, 15) is 9.90 Å². The summed E-state index contributed by atoms with van der Waals surface area (Å²) in [4.78, 5) is 11.6. The van der Waals surface area contributed by atoms with Gasteiger partial charge in [0, 0.05) is 17.8 Å². The molecule has 0 saturated heterocycles. The van der Waals surface area contributed by atoms with E-state index in [1.165, 1.54) is 6.92 Å². The Morgan fingerprint density at radius 1 is 1.50 bits per heavy atom. The van der Waals surface area contributed by atoms with Crippen molar-refractivity contribution in [2.75, 3.05) is 11.9 Å². The molecule has 0 aromatic heterocycles. The van der Waals surface area contributed by atoms with E-state index in [4.69, 9.17) is 5.26 Å². The summed E-state index contributed by atoms with van der Waals surface area (Å²) in [5.74, 6) is 0.407. The first-order chi connectivity index (χ1) is 9.60. The minimum absolute atomic E-state index is 0.0133. The molecule has 106 valence electrons. The SMILES string of the molecule is CC(=O)c1ccc(C#N)cc1NCC1CCCC(O)C1. The van der Waals surface area contributed by atoms with Gasteiger partial charge in [0.05, 0.1) is 17.7 Å². The standard InChI is InChI=1S/C16H20N2O2/c1-11(19)15-6-5-12(9-17)8-16(15)18-10-13-3-2-4-14(20)7-13/h5-6,8,13-14,18,20H,2-4,7,10H2,1H3. The summed E-state index contributed by atoms with van der Waals surface area (Å²) in [5, 5.41) is 21.9. The second-order valence-electron chi connectivity index (χ2n) is 5.50. The monoisotopic (exact) mass is 272 g/mol. The van der Waals surface area contributed by atoms with Crippen LogP contribution in [0.4, 0.5) is 5.69 Å². The highest BCUT2D eigenvalue weighted by atomic mass is 16.3. The molecule has 0 radical (unpaired) electrons. The van der Waals surface area contributed by atoms with Gasteiger partial charge in [-0.3, -0.25) is 4.79 Å². The van der Waals surface area contributed by atoms with Gasteiger partial charge >= 0.3 is 0 Å². The number of hydrogen-bond acceptors (Lipinski definition) is 4. The third kappa shape index (κ3) is 3.58.